The molecule has 0 unspecified atom stereocenters. The van der Waals surface area contributed by atoms with E-state index in [1.165, 1.54) is 18.2 Å². The van der Waals surface area contributed by atoms with Crippen molar-refractivity contribution in [3.05, 3.63) is 63.7 Å². The van der Waals surface area contributed by atoms with Gasteiger partial charge in [-0.05, 0) is 30.7 Å². The van der Waals surface area contributed by atoms with Gasteiger partial charge in [0.1, 0.15) is 11.3 Å². The van der Waals surface area contributed by atoms with Crippen LogP contribution >= 0.6 is 0 Å². The van der Waals surface area contributed by atoms with E-state index in [0.29, 0.717) is 5.75 Å². The van der Waals surface area contributed by atoms with Crippen LogP contribution in [0.2, 0.25) is 0 Å². The molecule has 0 aliphatic rings. The van der Waals surface area contributed by atoms with E-state index in [-0.39, 0.29) is 5.75 Å². The van der Waals surface area contributed by atoms with E-state index in [1.54, 1.807) is 25.1 Å². The van der Waals surface area contributed by atoms with Crippen molar-refractivity contribution in [3.63, 3.8) is 0 Å². The third-order valence-corrected chi connectivity index (χ3v) is 2.73. The molecule has 0 spiro atoms. The number of nitro benzene ring substituents is 1. The lowest BCUT2D eigenvalue weighted by Crippen LogP contribution is -2.04. The quantitative estimate of drug-likeness (QED) is 0.681. The van der Waals surface area contributed by atoms with E-state index in [4.69, 9.17) is 9.84 Å². The van der Waals surface area contributed by atoms with Crippen LogP contribution < -0.4 is 4.74 Å². The lowest BCUT2D eigenvalue weighted by Gasteiger charge is -2.09. The van der Waals surface area contributed by atoms with Gasteiger partial charge < -0.3 is 9.84 Å². The lowest BCUT2D eigenvalue weighted by molar-refractivity contribution is -0.386. The smallest absolute Gasteiger partial charge is 0.342 e. The summed E-state index contributed by atoms with van der Waals surface area (Å²) < 4.78 is 5.49. The lowest BCUT2D eigenvalue weighted by atomic mass is 10.1. The predicted octanol–water partition coefficient (Wildman–Crippen LogP) is 3.39. The Labute approximate surface area is 114 Å². The van der Waals surface area contributed by atoms with Gasteiger partial charge in [0, 0.05) is 0 Å². The van der Waals surface area contributed by atoms with Crippen LogP contribution in [-0.4, -0.2) is 16.0 Å². The molecule has 1 N–H and O–H groups in total. The number of hydrogen-bond acceptors (Lipinski definition) is 4. The molecule has 0 aromatic heterocycles. The molecule has 0 saturated heterocycles. The maximum Gasteiger partial charge on any atom is 0.342 e. The molecule has 0 aliphatic heterocycles. The second-order valence-electron chi connectivity index (χ2n) is 4.08. The molecule has 0 fully saturated rings. The predicted molar refractivity (Wildman–Crippen MR) is 71.3 cm³/mol. The Bertz CT molecular complexity index is 681. The van der Waals surface area contributed by atoms with Crippen molar-refractivity contribution in [2.24, 2.45) is 0 Å². The Morgan fingerprint density at radius 1 is 1.15 bits per heavy atom. The van der Waals surface area contributed by atoms with Crippen molar-refractivity contribution < 1.29 is 19.6 Å². The maximum absolute atomic E-state index is 11.1. The highest BCUT2D eigenvalue weighted by atomic mass is 16.6. The summed E-state index contributed by atoms with van der Waals surface area (Å²) in [5.41, 5.74) is -0.160. The molecule has 102 valence electrons. The second-order valence-corrected chi connectivity index (χ2v) is 4.08. The minimum Gasteiger partial charge on any atom is -0.477 e. The third kappa shape index (κ3) is 2.59. The van der Waals surface area contributed by atoms with Gasteiger partial charge >= 0.3 is 11.7 Å². The fourth-order valence-corrected chi connectivity index (χ4v) is 1.75. The Morgan fingerprint density at radius 3 is 2.40 bits per heavy atom. The first-order valence-corrected chi connectivity index (χ1v) is 5.75. The van der Waals surface area contributed by atoms with Crippen molar-refractivity contribution in [2.45, 2.75) is 6.92 Å². The molecule has 2 aromatic rings. The summed E-state index contributed by atoms with van der Waals surface area (Å²) in [6, 6.07) is 10.9. The number of nitrogens with zero attached hydrogens (tertiary/aromatic N) is 1. The first kappa shape index (κ1) is 13.5. The summed E-state index contributed by atoms with van der Waals surface area (Å²) in [5, 5.41) is 20.1. The molecule has 0 radical (unpaired) electrons. The highest BCUT2D eigenvalue weighted by molar-refractivity contribution is 5.93. The zero-order chi connectivity index (χ0) is 14.7. The summed E-state index contributed by atoms with van der Waals surface area (Å²) in [4.78, 5) is 21.4. The first-order chi connectivity index (χ1) is 9.50. The molecule has 0 saturated carbocycles. The fraction of sp³-hybridized carbons (Fsp3) is 0.0714. The molecule has 0 amide bonds. The standard InChI is InChI=1S/C14H11NO5/c1-9-5-2-3-7-11(9)20-12-8-4-6-10(14(16)17)13(12)15(18)19/h2-8H,1H3,(H,16,17). The monoisotopic (exact) mass is 273 g/mol. The normalized spacial score (nSPS) is 10.1. The zero-order valence-corrected chi connectivity index (χ0v) is 10.6. The van der Waals surface area contributed by atoms with Crippen LogP contribution in [0, 0.1) is 17.0 Å². The van der Waals surface area contributed by atoms with Crippen molar-refractivity contribution in [1.29, 1.82) is 0 Å². The molecule has 0 aliphatic carbocycles. The van der Waals surface area contributed by atoms with Crippen LogP contribution in [0.5, 0.6) is 11.5 Å². The van der Waals surface area contributed by atoms with Crippen LogP contribution in [0.3, 0.4) is 0 Å². The minimum absolute atomic E-state index is 0.0933. The first-order valence-electron chi connectivity index (χ1n) is 5.75. The van der Waals surface area contributed by atoms with Crippen LogP contribution in [0.4, 0.5) is 5.69 Å². The molecule has 2 aromatic carbocycles. The van der Waals surface area contributed by atoms with E-state index in [9.17, 15) is 14.9 Å². The van der Waals surface area contributed by atoms with Crippen molar-refractivity contribution >= 4 is 11.7 Å². The summed E-state index contributed by atoms with van der Waals surface area (Å²) in [5.74, 6) is -1.02. The molecule has 6 heteroatoms. The van der Waals surface area contributed by atoms with Crippen molar-refractivity contribution in [1.82, 2.24) is 0 Å². The number of aryl methyl sites for hydroxylation is 1. The average molecular weight is 273 g/mol. The number of aromatic carboxylic acids is 1. The molecule has 0 heterocycles. The molecular formula is C14H11NO5. The summed E-state index contributed by atoms with van der Waals surface area (Å²) in [7, 11) is 0. The Balaban J connectivity index is 2.52. The van der Waals surface area contributed by atoms with E-state index < -0.39 is 22.1 Å². The summed E-state index contributed by atoms with van der Waals surface area (Å²) in [6.45, 7) is 1.79. The van der Waals surface area contributed by atoms with E-state index in [0.717, 1.165) is 5.56 Å². The summed E-state index contributed by atoms with van der Waals surface area (Å²) >= 11 is 0. The van der Waals surface area contributed by atoms with E-state index in [2.05, 4.69) is 0 Å². The molecular weight excluding hydrogens is 262 g/mol. The van der Waals surface area contributed by atoms with Crippen LogP contribution in [0.1, 0.15) is 15.9 Å². The van der Waals surface area contributed by atoms with Gasteiger partial charge in [-0.3, -0.25) is 10.1 Å². The summed E-state index contributed by atoms with van der Waals surface area (Å²) in [6.07, 6.45) is 0. The van der Waals surface area contributed by atoms with Crippen LogP contribution in [0.15, 0.2) is 42.5 Å². The van der Waals surface area contributed by atoms with Crippen LogP contribution in [0.25, 0.3) is 0 Å². The number of carbonyl (C=O) groups is 1. The van der Waals surface area contributed by atoms with Gasteiger partial charge in [0.15, 0.2) is 0 Å². The van der Waals surface area contributed by atoms with Gasteiger partial charge in [0.2, 0.25) is 5.75 Å². The fourth-order valence-electron chi connectivity index (χ4n) is 1.75. The Morgan fingerprint density at radius 2 is 1.80 bits per heavy atom. The van der Waals surface area contributed by atoms with Gasteiger partial charge in [0.05, 0.1) is 4.92 Å². The number of rotatable bonds is 4. The molecule has 20 heavy (non-hydrogen) atoms. The van der Waals surface area contributed by atoms with Crippen molar-refractivity contribution in [3.8, 4) is 11.5 Å². The van der Waals surface area contributed by atoms with Gasteiger partial charge in [0.25, 0.3) is 0 Å². The zero-order valence-electron chi connectivity index (χ0n) is 10.6. The largest absolute Gasteiger partial charge is 0.477 e. The highest BCUT2D eigenvalue weighted by Crippen LogP contribution is 2.35. The Kier molecular flexibility index (Phi) is 3.65. The second kappa shape index (κ2) is 5.40. The van der Waals surface area contributed by atoms with Gasteiger partial charge in [-0.25, -0.2) is 4.79 Å². The average Bonchev–Trinajstić information content (AvgIpc) is 2.40. The number of benzene rings is 2. The number of para-hydroxylation sites is 2. The molecule has 0 atom stereocenters. The number of carboxylic acids is 1. The van der Waals surface area contributed by atoms with Gasteiger partial charge in [-0.2, -0.15) is 0 Å². The maximum atomic E-state index is 11.1. The number of nitro groups is 1. The Hall–Kier alpha value is -2.89. The SMILES string of the molecule is Cc1ccccc1Oc1cccc(C(=O)O)c1[N+](=O)[O-]. The minimum atomic E-state index is -1.37. The third-order valence-electron chi connectivity index (χ3n) is 2.73. The number of hydrogen-bond donors (Lipinski definition) is 1. The van der Waals surface area contributed by atoms with Crippen LogP contribution in [-0.2, 0) is 0 Å². The molecule has 0 bridgehead atoms. The van der Waals surface area contributed by atoms with E-state index in [1.807, 2.05) is 6.07 Å². The van der Waals surface area contributed by atoms with E-state index >= 15 is 0 Å². The highest BCUT2D eigenvalue weighted by Gasteiger charge is 2.25. The molecule has 6 nitrogen and oxygen atoms in total. The molecule has 2 rings (SSSR count). The van der Waals surface area contributed by atoms with Gasteiger partial charge in [-0.15, -0.1) is 0 Å². The number of ether oxygens (including phenoxy) is 1. The van der Waals surface area contributed by atoms with Crippen molar-refractivity contribution in [2.75, 3.05) is 0 Å². The number of carboxylic acid groups (broad SMARTS) is 1. The van der Waals surface area contributed by atoms with Gasteiger partial charge in [-0.1, -0.05) is 24.3 Å². The topological polar surface area (TPSA) is 89.7 Å².